The van der Waals surface area contributed by atoms with Crippen molar-refractivity contribution in [2.45, 2.75) is 6.73 Å². The summed E-state index contributed by atoms with van der Waals surface area (Å²) < 4.78 is 6.63. The summed E-state index contributed by atoms with van der Waals surface area (Å²) >= 11 is 0. The number of H-pyrrole nitrogens is 1. The fourth-order valence-corrected chi connectivity index (χ4v) is 1.94. The molecule has 0 saturated carbocycles. The van der Waals surface area contributed by atoms with E-state index in [0.29, 0.717) is 5.65 Å². The number of aliphatic hydroxyl groups excluding tert-OH is 1. The number of fused-ring (bicyclic) bond motifs is 1. The Morgan fingerprint density at radius 2 is 2.07 bits per heavy atom. The van der Waals surface area contributed by atoms with Gasteiger partial charge in [0.2, 0.25) is 5.95 Å². The molecule has 0 atom stereocenters. The molecule has 2 aromatic heterocycles. The van der Waals surface area contributed by atoms with Crippen molar-refractivity contribution in [2.24, 2.45) is 0 Å². The number of nitrogens with zero attached hydrogens (tertiary/aromatic N) is 3. The zero-order valence-electron chi connectivity index (χ0n) is 14.5. The Balaban J connectivity index is 0.000000288. The summed E-state index contributed by atoms with van der Waals surface area (Å²) in [6, 6.07) is 5.64. The molecular formula is C15H16N5NaO6. The van der Waals surface area contributed by atoms with Gasteiger partial charge in [-0.1, -0.05) is 12.1 Å². The quantitative estimate of drug-likeness (QED) is 0.248. The van der Waals surface area contributed by atoms with Gasteiger partial charge in [-0.3, -0.25) is 14.3 Å². The number of anilines is 1. The van der Waals surface area contributed by atoms with E-state index in [1.807, 2.05) is 0 Å². The van der Waals surface area contributed by atoms with E-state index in [-0.39, 0.29) is 77.8 Å². The normalized spacial score (nSPS) is 9.96. The molecule has 3 aromatic rings. The number of carboxylic acids is 1. The third-order valence-electron chi connectivity index (χ3n) is 3.08. The first-order chi connectivity index (χ1) is 12.4. The second-order valence-corrected chi connectivity index (χ2v) is 4.90. The fourth-order valence-electron chi connectivity index (χ4n) is 1.94. The molecule has 0 aliphatic heterocycles. The molecule has 1 aromatic carbocycles. The summed E-state index contributed by atoms with van der Waals surface area (Å²) in [4.78, 5) is 31.8. The van der Waals surface area contributed by atoms with E-state index in [9.17, 15) is 14.7 Å². The van der Waals surface area contributed by atoms with Gasteiger partial charge in [-0.15, -0.1) is 0 Å². The van der Waals surface area contributed by atoms with Gasteiger partial charge >= 0.3 is 29.6 Å². The number of nitrogens with one attached hydrogen (secondary N) is 1. The number of carbonyl (C=O) groups excluding carboxylic acids is 1. The molecule has 0 bridgehead atoms. The van der Waals surface area contributed by atoms with Crippen molar-refractivity contribution >= 4 is 23.1 Å². The van der Waals surface area contributed by atoms with Crippen LogP contribution in [-0.2, 0) is 11.5 Å². The van der Waals surface area contributed by atoms with Crippen LogP contribution in [0.25, 0.3) is 11.2 Å². The standard InChI is InChI=1S/C8H11N5O3.C7H6O3.Na/c9-8-11-6-5(7(15)12-8)10-3-13(6)4-16-2-1-14;8-6-4-2-1-3-5(6)7(9)10;/h3,14H,1-2,4H2,(H3,9,11,12,15);1-4,8H,(H,9,10);/q;;+1/p-1. The Bertz CT molecular complexity index is 957. The molecule has 138 valence electrons. The second kappa shape index (κ2) is 10.6. The van der Waals surface area contributed by atoms with Crippen LogP contribution in [-0.4, -0.2) is 48.9 Å². The van der Waals surface area contributed by atoms with Gasteiger partial charge in [-0.05, 0) is 12.1 Å². The predicted molar refractivity (Wildman–Crippen MR) is 88.0 cm³/mol. The van der Waals surface area contributed by atoms with E-state index < -0.39 is 5.97 Å². The van der Waals surface area contributed by atoms with Crippen LogP contribution in [0.5, 0.6) is 5.75 Å². The molecule has 0 amide bonds. The average molecular weight is 385 g/mol. The molecule has 0 spiro atoms. The fraction of sp³-hybridized carbons (Fsp3) is 0.200. The molecule has 2 heterocycles. The Morgan fingerprint density at radius 1 is 1.37 bits per heavy atom. The maximum Gasteiger partial charge on any atom is 1.00 e. The van der Waals surface area contributed by atoms with Crippen LogP contribution in [0.2, 0.25) is 0 Å². The maximum absolute atomic E-state index is 11.4. The number of aromatic nitrogens is 4. The van der Waals surface area contributed by atoms with Crippen molar-refractivity contribution in [1.29, 1.82) is 0 Å². The molecule has 27 heavy (non-hydrogen) atoms. The summed E-state index contributed by atoms with van der Waals surface area (Å²) in [5.41, 5.74) is 5.43. The Morgan fingerprint density at radius 3 is 2.67 bits per heavy atom. The van der Waals surface area contributed by atoms with E-state index in [1.54, 1.807) is 6.07 Å². The minimum absolute atomic E-state index is 0. The number of para-hydroxylation sites is 1. The van der Waals surface area contributed by atoms with Crippen molar-refractivity contribution in [3.8, 4) is 5.75 Å². The number of aromatic amines is 1. The molecule has 0 aliphatic rings. The number of ether oxygens (including phenoxy) is 1. The van der Waals surface area contributed by atoms with Crippen molar-refractivity contribution in [2.75, 3.05) is 18.9 Å². The van der Waals surface area contributed by atoms with Crippen LogP contribution in [0.4, 0.5) is 5.95 Å². The first-order valence-corrected chi connectivity index (χ1v) is 7.32. The average Bonchev–Trinajstić information content (AvgIpc) is 2.99. The number of imidazole rings is 1. The summed E-state index contributed by atoms with van der Waals surface area (Å²) in [5.74, 6) is -1.60. The monoisotopic (exact) mass is 385 g/mol. The Hall–Kier alpha value is -2.44. The maximum atomic E-state index is 11.4. The van der Waals surface area contributed by atoms with Gasteiger partial charge in [0, 0.05) is 5.56 Å². The van der Waals surface area contributed by atoms with Gasteiger partial charge in [0.1, 0.15) is 12.5 Å². The van der Waals surface area contributed by atoms with E-state index in [1.165, 1.54) is 29.1 Å². The van der Waals surface area contributed by atoms with Gasteiger partial charge in [-0.25, -0.2) is 4.98 Å². The van der Waals surface area contributed by atoms with E-state index in [4.69, 9.17) is 20.7 Å². The van der Waals surface area contributed by atoms with Crippen LogP contribution < -0.4 is 46.0 Å². The van der Waals surface area contributed by atoms with Crippen LogP contribution in [0.1, 0.15) is 10.4 Å². The number of phenols is 1. The number of carbonyl (C=O) groups is 1. The third kappa shape index (κ3) is 6.05. The smallest absolute Gasteiger partial charge is 0.545 e. The first kappa shape index (κ1) is 22.6. The number of benzene rings is 1. The molecule has 0 fully saturated rings. The molecule has 12 heteroatoms. The number of aromatic hydroxyl groups is 1. The van der Waals surface area contributed by atoms with E-state index in [0.717, 1.165) is 0 Å². The number of aliphatic hydroxyl groups is 1. The first-order valence-electron chi connectivity index (χ1n) is 7.32. The summed E-state index contributed by atoms with van der Waals surface area (Å²) in [7, 11) is 0. The summed E-state index contributed by atoms with van der Waals surface area (Å²) in [5, 5.41) is 27.6. The number of aromatic carboxylic acids is 1. The van der Waals surface area contributed by atoms with Gasteiger partial charge in [0.25, 0.3) is 5.56 Å². The number of carboxylic acid groups (broad SMARTS) is 1. The van der Waals surface area contributed by atoms with Gasteiger partial charge in [0.15, 0.2) is 11.2 Å². The van der Waals surface area contributed by atoms with Gasteiger partial charge in [-0.2, -0.15) is 4.98 Å². The number of hydrogen-bond donors (Lipinski definition) is 4. The van der Waals surface area contributed by atoms with Crippen molar-refractivity contribution in [1.82, 2.24) is 19.5 Å². The minimum Gasteiger partial charge on any atom is -0.545 e. The predicted octanol–water partition coefficient (Wildman–Crippen LogP) is -4.57. The number of rotatable bonds is 5. The van der Waals surface area contributed by atoms with E-state index in [2.05, 4.69) is 15.0 Å². The molecule has 0 aliphatic carbocycles. The second-order valence-electron chi connectivity index (χ2n) is 4.90. The van der Waals surface area contributed by atoms with Crippen LogP contribution >= 0.6 is 0 Å². The number of nitrogen functional groups attached to an aromatic ring is 1. The minimum atomic E-state index is -1.36. The van der Waals surface area contributed by atoms with Crippen molar-refractivity contribution in [3.05, 3.63) is 46.5 Å². The van der Waals surface area contributed by atoms with Crippen LogP contribution in [0.15, 0.2) is 35.4 Å². The molecule has 0 unspecified atom stereocenters. The van der Waals surface area contributed by atoms with Crippen molar-refractivity contribution in [3.63, 3.8) is 0 Å². The topological polar surface area (TPSA) is 179 Å². The third-order valence-corrected chi connectivity index (χ3v) is 3.08. The molecule has 5 N–H and O–H groups in total. The molecule has 0 saturated heterocycles. The SMILES string of the molecule is Nc1nc2c(ncn2COCCO)c(=O)[nH]1.O=C([O-])c1ccccc1O.[Na+]. The molecular weight excluding hydrogens is 369 g/mol. The molecule has 0 radical (unpaired) electrons. The zero-order valence-corrected chi connectivity index (χ0v) is 16.5. The largest absolute Gasteiger partial charge is 1.00 e. The Kier molecular flexibility index (Phi) is 8.91. The van der Waals surface area contributed by atoms with Crippen molar-refractivity contribution < 1.29 is 54.4 Å². The number of hydrogen-bond acceptors (Lipinski definition) is 9. The summed E-state index contributed by atoms with van der Waals surface area (Å²) in [6.07, 6.45) is 1.43. The van der Waals surface area contributed by atoms with Crippen LogP contribution in [0.3, 0.4) is 0 Å². The summed E-state index contributed by atoms with van der Waals surface area (Å²) in [6.45, 7) is 0.300. The zero-order chi connectivity index (χ0) is 19.1. The van der Waals surface area contributed by atoms with E-state index >= 15 is 0 Å². The van der Waals surface area contributed by atoms with Gasteiger partial charge < -0.3 is 30.6 Å². The van der Waals surface area contributed by atoms with Crippen LogP contribution in [0, 0.1) is 0 Å². The molecule has 3 rings (SSSR count). The Labute approximate surface area is 174 Å². The van der Waals surface area contributed by atoms with Gasteiger partial charge in [0.05, 0.1) is 25.5 Å². The number of nitrogens with two attached hydrogens (primary N) is 1. The molecule has 11 nitrogen and oxygen atoms in total.